The van der Waals surface area contributed by atoms with Gasteiger partial charge < -0.3 is 9.15 Å². The van der Waals surface area contributed by atoms with Gasteiger partial charge >= 0.3 is 5.97 Å². The first-order valence-corrected chi connectivity index (χ1v) is 6.87. The molecule has 0 aliphatic carbocycles. The van der Waals surface area contributed by atoms with E-state index in [4.69, 9.17) is 4.42 Å². The highest BCUT2D eigenvalue weighted by Gasteiger charge is 2.14. The van der Waals surface area contributed by atoms with Crippen molar-refractivity contribution >= 4 is 22.5 Å². The normalized spacial score (nSPS) is 10.5. The summed E-state index contributed by atoms with van der Waals surface area (Å²) in [6, 6.07) is 11.8. The molecule has 0 N–H and O–H groups in total. The standard InChI is InChI=1S/C18H13NO4/c1-11(14-7-5-8-15(19-14)18(21)22-2)13-10-23-16-9-4-3-6-12(16)17(13)20/h3-10H,1H2,2H3. The average molecular weight is 307 g/mol. The number of esters is 1. The third-order valence-corrected chi connectivity index (χ3v) is 3.46. The molecule has 114 valence electrons. The maximum atomic E-state index is 12.6. The minimum atomic E-state index is -0.551. The molecule has 0 unspecified atom stereocenters. The van der Waals surface area contributed by atoms with Crippen LogP contribution in [0.2, 0.25) is 0 Å². The molecular weight excluding hydrogens is 294 g/mol. The Morgan fingerprint density at radius 3 is 2.65 bits per heavy atom. The molecule has 0 saturated carbocycles. The van der Waals surface area contributed by atoms with Gasteiger partial charge in [0.25, 0.3) is 0 Å². The Balaban J connectivity index is 2.09. The van der Waals surface area contributed by atoms with Crippen molar-refractivity contribution in [2.24, 2.45) is 0 Å². The van der Waals surface area contributed by atoms with E-state index < -0.39 is 5.97 Å². The number of aromatic nitrogens is 1. The molecule has 0 saturated heterocycles. The lowest BCUT2D eigenvalue weighted by atomic mass is 10.0. The molecule has 0 bridgehead atoms. The second-order valence-corrected chi connectivity index (χ2v) is 4.85. The molecule has 23 heavy (non-hydrogen) atoms. The number of para-hydroxylation sites is 1. The highest BCUT2D eigenvalue weighted by atomic mass is 16.5. The molecule has 5 heteroatoms. The highest BCUT2D eigenvalue weighted by molar-refractivity contribution is 5.88. The summed E-state index contributed by atoms with van der Waals surface area (Å²) in [5.41, 5.74) is 1.56. The number of nitrogens with zero attached hydrogens (tertiary/aromatic N) is 1. The third-order valence-electron chi connectivity index (χ3n) is 3.46. The van der Waals surface area contributed by atoms with Gasteiger partial charge in [0.2, 0.25) is 5.43 Å². The van der Waals surface area contributed by atoms with Crippen molar-refractivity contribution < 1.29 is 13.9 Å². The van der Waals surface area contributed by atoms with E-state index in [2.05, 4.69) is 16.3 Å². The summed E-state index contributed by atoms with van der Waals surface area (Å²) in [6.07, 6.45) is 1.36. The molecule has 1 aromatic carbocycles. The molecule has 0 aliphatic heterocycles. The van der Waals surface area contributed by atoms with Crippen LogP contribution in [-0.4, -0.2) is 18.1 Å². The average Bonchev–Trinajstić information content (AvgIpc) is 2.61. The zero-order valence-electron chi connectivity index (χ0n) is 12.4. The maximum absolute atomic E-state index is 12.6. The van der Waals surface area contributed by atoms with Crippen LogP contribution >= 0.6 is 0 Å². The predicted octanol–water partition coefficient (Wildman–Crippen LogP) is 3.04. The summed E-state index contributed by atoms with van der Waals surface area (Å²) in [5.74, 6) is -0.551. The number of hydrogen-bond donors (Lipinski definition) is 0. The van der Waals surface area contributed by atoms with Crippen molar-refractivity contribution in [3.63, 3.8) is 0 Å². The van der Waals surface area contributed by atoms with Gasteiger partial charge in [-0.2, -0.15) is 0 Å². The number of fused-ring (bicyclic) bond motifs is 1. The van der Waals surface area contributed by atoms with Crippen LogP contribution < -0.4 is 5.43 Å². The van der Waals surface area contributed by atoms with E-state index in [0.29, 0.717) is 27.8 Å². The van der Waals surface area contributed by atoms with Crippen LogP contribution in [0.15, 0.2) is 64.5 Å². The molecule has 0 atom stereocenters. The molecule has 5 nitrogen and oxygen atoms in total. The summed E-state index contributed by atoms with van der Waals surface area (Å²) in [4.78, 5) is 28.3. The molecule has 2 aromatic heterocycles. The molecule has 0 aliphatic rings. The molecule has 3 rings (SSSR count). The van der Waals surface area contributed by atoms with Gasteiger partial charge in [0.15, 0.2) is 0 Å². The number of ether oxygens (including phenoxy) is 1. The summed E-state index contributed by atoms with van der Waals surface area (Å²) in [7, 11) is 1.28. The van der Waals surface area contributed by atoms with E-state index >= 15 is 0 Å². The topological polar surface area (TPSA) is 69.4 Å². The van der Waals surface area contributed by atoms with Gasteiger partial charge in [0.1, 0.15) is 17.5 Å². The molecule has 0 fully saturated rings. The fourth-order valence-corrected chi connectivity index (χ4v) is 2.25. The SMILES string of the molecule is C=C(c1cccc(C(=O)OC)n1)c1coc2ccccc2c1=O. The summed E-state index contributed by atoms with van der Waals surface area (Å²) in [6.45, 7) is 3.91. The van der Waals surface area contributed by atoms with Gasteiger partial charge in [-0.25, -0.2) is 9.78 Å². The monoisotopic (exact) mass is 307 g/mol. The zero-order chi connectivity index (χ0) is 16.4. The van der Waals surface area contributed by atoms with Crippen molar-refractivity contribution in [1.82, 2.24) is 4.98 Å². The Morgan fingerprint density at radius 2 is 1.87 bits per heavy atom. The second kappa shape index (κ2) is 5.88. The van der Waals surface area contributed by atoms with E-state index in [-0.39, 0.29) is 11.1 Å². The molecule has 0 amide bonds. The van der Waals surface area contributed by atoms with Gasteiger partial charge in [-0.3, -0.25) is 4.79 Å². The number of pyridine rings is 1. The van der Waals surface area contributed by atoms with Crippen molar-refractivity contribution in [1.29, 1.82) is 0 Å². The third kappa shape index (κ3) is 2.64. The Kier molecular flexibility index (Phi) is 3.76. The summed E-state index contributed by atoms with van der Waals surface area (Å²) in [5, 5.41) is 0.468. The first-order chi connectivity index (χ1) is 11.1. The maximum Gasteiger partial charge on any atom is 0.356 e. The Hall–Kier alpha value is -3.21. The van der Waals surface area contributed by atoms with Crippen molar-refractivity contribution in [2.75, 3.05) is 7.11 Å². The van der Waals surface area contributed by atoms with Gasteiger partial charge in [-0.05, 0) is 24.3 Å². The quantitative estimate of drug-likeness (QED) is 0.696. The second-order valence-electron chi connectivity index (χ2n) is 4.85. The van der Waals surface area contributed by atoms with Crippen molar-refractivity contribution in [2.45, 2.75) is 0 Å². The number of hydrogen-bond acceptors (Lipinski definition) is 5. The van der Waals surface area contributed by atoms with Crippen LogP contribution in [0.3, 0.4) is 0 Å². The van der Waals surface area contributed by atoms with Gasteiger partial charge in [-0.15, -0.1) is 0 Å². The van der Waals surface area contributed by atoms with Crippen LogP contribution in [0.4, 0.5) is 0 Å². The number of benzene rings is 1. The minimum Gasteiger partial charge on any atom is -0.464 e. The fourth-order valence-electron chi connectivity index (χ4n) is 2.25. The Labute approximate surface area is 131 Å². The largest absolute Gasteiger partial charge is 0.464 e. The lowest BCUT2D eigenvalue weighted by Gasteiger charge is -2.07. The predicted molar refractivity (Wildman–Crippen MR) is 86.2 cm³/mol. The number of rotatable bonds is 3. The number of carbonyl (C=O) groups excluding carboxylic acids is 1. The first kappa shape index (κ1) is 14.7. The Bertz CT molecular complexity index is 972. The van der Waals surface area contributed by atoms with Gasteiger partial charge in [0.05, 0.1) is 23.8 Å². The van der Waals surface area contributed by atoms with E-state index in [9.17, 15) is 9.59 Å². The first-order valence-electron chi connectivity index (χ1n) is 6.87. The van der Waals surface area contributed by atoms with Crippen molar-refractivity contribution in [3.05, 3.63) is 82.5 Å². The molecule has 3 aromatic rings. The molecule has 0 spiro atoms. The fraction of sp³-hybridized carbons (Fsp3) is 0.0556. The van der Waals surface area contributed by atoms with E-state index in [1.807, 2.05) is 0 Å². The summed E-state index contributed by atoms with van der Waals surface area (Å²) < 4.78 is 10.1. The van der Waals surface area contributed by atoms with E-state index in [1.165, 1.54) is 19.4 Å². The van der Waals surface area contributed by atoms with E-state index in [1.54, 1.807) is 36.4 Å². The van der Waals surface area contributed by atoms with Crippen LogP contribution in [0.25, 0.3) is 16.5 Å². The molecule has 2 heterocycles. The number of methoxy groups -OCH3 is 1. The van der Waals surface area contributed by atoms with Crippen LogP contribution in [0, 0.1) is 0 Å². The molecule has 0 radical (unpaired) electrons. The van der Waals surface area contributed by atoms with Gasteiger partial charge in [0, 0.05) is 5.57 Å². The lowest BCUT2D eigenvalue weighted by molar-refractivity contribution is 0.0594. The highest BCUT2D eigenvalue weighted by Crippen LogP contribution is 2.20. The minimum absolute atomic E-state index is 0.149. The van der Waals surface area contributed by atoms with Crippen molar-refractivity contribution in [3.8, 4) is 0 Å². The number of carbonyl (C=O) groups is 1. The Morgan fingerprint density at radius 1 is 1.13 bits per heavy atom. The zero-order valence-corrected chi connectivity index (χ0v) is 12.4. The molecular formula is C18H13NO4. The lowest BCUT2D eigenvalue weighted by Crippen LogP contribution is -2.10. The summed E-state index contributed by atoms with van der Waals surface area (Å²) >= 11 is 0. The van der Waals surface area contributed by atoms with Crippen LogP contribution in [0.5, 0.6) is 0 Å². The van der Waals surface area contributed by atoms with Gasteiger partial charge in [-0.1, -0.05) is 24.8 Å². The smallest absolute Gasteiger partial charge is 0.356 e. The van der Waals surface area contributed by atoms with E-state index in [0.717, 1.165) is 0 Å². The van der Waals surface area contributed by atoms with Crippen LogP contribution in [-0.2, 0) is 4.74 Å². The van der Waals surface area contributed by atoms with Crippen LogP contribution in [0.1, 0.15) is 21.7 Å².